The average Bonchev–Trinajstić information content (AvgIpc) is 2.97. The Balaban J connectivity index is 1.89. The second-order valence-electron chi connectivity index (χ2n) is 5.70. The molecule has 148 valence electrons. The lowest BCUT2D eigenvalue weighted by atomic mass is 10.1. The number of nitriles is 1. The number of rotatable bonds is 6. The second-order valence-corrected chi connectivity index (χ2v) is 7.78. The summed E-state index contributed by atoms with van der Waals surface area (Å²) in [5.41, 5.74) is 1.10. The molecule has 0 unspecified atom stereocenters. The number of hydrogen-bond acceptors (Lipinski definition) is 6. The fourth-order valence-corrected chi connectivity index (χ4v) is 4.05. The molecule has 3 rings (SSSR count). The van der Waals surface area contributed by atoms with E-state index in [4.69, 9.17) is 38.6 Å². The van der Waals surface area contributed by atoms with Crippen molar-refractivity contribution in [2.24, 2.45) is 0 Å². The summed E-state index contributed by atoms with van der Waals surface area (Å²) in [6, 6.07) is 11.0. The Morgan fingerprint density at radius 1 is 1.28 bits per heavy atom. The topological polar surface area (TPSA) is 62.6 Å². The van der Waals surface area contributed by atoms with Gasteiger partial charge in [-0.15, -0.1) is 0 Å². The van der Waals surface area contributed by atoms with Gasteiger partial charge in [-0.05, 0) is 48.9 Å². The molecule has 5 nitrogen and oxygen atoms in total. The molecule has 2 aromatic carbocycles. The molecule has 2 aromatic rings. The van der Waals surface area contributed by atoms with Gasteiger partial charge in [-0.25, -0.2) is 4.39 Å². The normalized spacial score (nSPS) is 15.0. The molecular weight excluding hydrogens is 435 g/mol. The summed E-state index contributed by atoms with van der Waals surface area (Å²) in [7, 11) is 0. The highest BCUT2D eigenvalue weighted by molar-refractivity contribution is 8.27. The van der Waals surface area contributed by atoms with Crippen LogP contribution in [0, 0.1) is 17.1 Å². The van der Waals surface area contributed by atoms with Crippen LogP contribution in [-0.2, 0) is 4.79 Å². The van der Waals surface area contributed by atoms with E-state index in [9.17, 15) is 9.18 Å². The van der Waals surface area contributed by atoms with Crippen molar-refractivity contribution in [2.45, 2.75) is 6.92 Å². The smallest absolute Gasteiger partial charge is 0.270 e. The van der Waals surface area contributed by atoms with Crippen LogP contribution in [0.3, 0.4) is 0 Å². The average molecular weight is 449 g/mol. The number of nitrogens with zero attached hydrogens (tertiary/aromatic N) is 2. The standard InChI is InChI=1S/C20H14ClFN2O3S2/c1-2-26-17-9-12(3-6-16(17)27-8-7-23)10-18-19(25)24(20(28)29-18)13-4-5-15(22)14(21)11-13/h3-6,9-11H,2,8H2,1H3/b18-10+. The molecule has 0 saturated carbocycles. The van der Waals surface area contributed by atoms with Crippen LogP contribution in [0.4, 0.5) is 10.1 Å². The van der Waals surface area contributed by atoms with Gasteiger partial charge in [0.05, 0.1) is 22.2 Å². The Kier molecular flexibility index (Phi) is 6.75. The van der Waals surface area contributed by atoms with Crippen LogP contribution < -0.4 is 14.4 Å². The number of carbonyl (C=O) groups excluding carboxylic acids is 1. The molecule has 0 N–H and O–H groups in total. The predicted octanol–water partition coefficient (Wildman–Crippen LogP) is 5.19. The molecule has 0 atom stereocenters. The molecule has 1 saturated heterocycles. The molecule has 0 spiro atoms. The van der Waals surface area contributed by atoms with E-state index in [1.807, 2.05) is 13.0 Å². The third-order valence-electron chi connectivity index (χ3n) is 3.81. The third kappa shape index (κ3) is 4.70. The summed E-state index contributed by atoms with van der Waals surface area (Å²) >= 11 is 12.3. The first-order valence-electron chi connectivity index (χ1n) is 8.44. The lowest BCUT2D eigenvalue weighted by Gasteiger charge is -2.14. The van der Waals surface area contributed by atoms with E-state index in [-0.39, 0.29) is 17.5 Å². The Morgan fingerprint density at radius 3 is 2.76 bits per heavy atom. The molecule has 0 radical (unpaired) electrons. The first-order chi connectivity index (χ1) is 13.9. The fourth-order valence-electron chi connectivity index (χ4n) is 2.58. The largest absolute Gasteiger partial charge is 0.490 e. The summed E-state index contributed by atoms with van der Waals surface area (Å²) in [5, 5.41) is 8.60. The van der Waals surface area contributed by atoms with Gasteiger partial charge in [0, 0.05) is 0 Å². The van der Waals surface area contributed by atoms with Gasteiger partial charge in [0.1, 0.15) is 11.9 Å². The minimum absolute atomic E-state index is 0.0881. The monoisotopic (exact) mass is 448 g/mol. The van der Waals surface area contributed by atoms with Gasteiger partial charge in [-0.1, -0.05) is 41.6 Å². The Hall–Kier alpha value is -2.60. The van der Waals surface area contributed by atoms with Crippen molar-refractivity contribution < 1.29 is 18.7 Å². The van der Waals surface area contributed by atoms with Crippen LogP contribution >= 0.6 is 35.6 Å². The molecule has 1 aliphatic heterocycles. The van der Waals surface area contributed by atoms with Crippen LogP contribution in [0.2, 0.25) is 5.02 Å². The first-order valence-corrected chi connectivity index (χ1v) is 10.0. The zero-order valence-electron chi connectivity index (χ0n) is 15.1. The van der Waals surface area contributed by atoms with E-state index in [1.54, 1.807) is 24.3 Å². The van der Waals surface area contributed by atoms with Crippen LogP contribution in [0.5, 0.6) is 11.5 Å². The molecule has 0 aromatic heterocycles. The van der Waals surface area contributed by atoms with Gasteiger partial charge in [-0.2, -0.15) is 5.26 Å². The predicted molar refractivity (Wildman–Crippen MR) is 116 cm³/mol. The Bertz CT molecular complexity index is 1050. The van der Waals surface area contributed by atoms with E-state index >= 15 is 0 Å². The van der Waals surface area contributed by atoms with Gasteiger partial charge in [-0.3, -0.25) is 9.69 Å². The van der Waals surface area contributed by atoms with Crippen molar-refractivity contribution in [3.05, 3.63) is 57.7 Å². The van der Waals surface area contributed by atoms with Crippen molar-refractivity contribution in [3.8, 4) is 17.6 Å². The van der Waals surface area contributed by atoms with E-state index in [2.05, 4.69) is 0 Å². The van der Waals surface area contributed by atoms with Crippen molar-refractivity contribution in [3.63, 3.8) is 0 Å². The summed E-state index contributed by atoms with van der Waals surface area (Å²) in [6.07, 6.45) is 1.68. The number of thiocarbonyl (C=S) groups is 1. The van der Waals surface area contributed by atoms with E-state index in [0.29, 0.717) is 38.6 Å². The highest BCUT2D eigenvalue weighted by atomic mass is 35.5. The zero-order valence-corrected chi connectivity index (χ0v) is 17.5. The zero-order chi connectivity index (χ0) is 21.0. The van der Waals surface area contributed by atoms with Gasteiger partial charge >= 0.3 is 0 Å². The van der Waals surface area contributed by atoms with Crippen LogP contribution in [0.1, 0.15) is 12.5 Å². The highest BCUT2D eigenvalue weighted by Crippen LogP contribution is 2.38. The van der Waals surface area contributed by atoms with Crippen LogP contribution in [0.15, 0.2) is 41.3 Å². The SMILES string of the molecule is CCOc1cc(/C=C2/SC(=S)N(c3ccc(F)c(Cl)c3)C2=O)ccc1OCC#N. The van der Waals surface area contributed by atoms with Crippen LogP contribution in [0.25, 0.3) is 6.08 Å². The highest BCUT2D eigenvalue weighted by Gasteiger charge is 2.33. The molecule has 29 heavy (non-hydrogen) atoms. The third-order valence-corrected chi connectivity index (χ3v) is 5.40. The van der Waals surface area contributed by atoms with Gasteiger partial charge in [0.2, 0.25) is 0 Å². The van der Waals surface area contributed by atoms with E-state index in [1.165, 1.54) is 23.1 Å². The van der Waals surface area contributed by atoms with E-state index in [0.717, 1.165) is 11.8 Å². The lowest BCUT2D eigenvalue weighted by Crippen LogP contribution is -2.27. The molecule has 1 heterocycles. The number of halogens is 2. The minimum Gasteiger partial charge on any atom is -0.490 e. The number of hydrogen-bond donors (Lipinski definition) is 0. The fraction of sp³-hybridized carbons (Fsp3) is 0.150. The van der Waals surface area contributed by atoms with Crippen molar-refractivity contribution in [1.29, 1.82) is 5.26 Å². The number of ether oxygens (including phenoxy) is 2. The van der Waals surface area contributed by atoms with E-state index < -0.39 is 5.82 Å². The number of benzene rings is 2. The molecule has 0 bridgehead atoms. The maximum absolute atomic E-state index is 13.4. The molecule has 0 aliphatic carbocycles. The van der Waals surface area contributed by atoms with Crippen LogP contribution in [-0.4, -0.2) is 23.4 Å². The van der Waals surface area contributed by atoms with Gasteiger partial charge < -0.3 is 9.47 Å². The second kappa shape index (κ2) is 9.27. The Morgan fingerprint density at radius 2 is 2.07 bits per heavy atom. The minimum atomic E-state index is -0.571. The molecular formula is C20H14ClFN2O3S2. The molecule has 1 aliphatic rings. The van der Waals surface area contributed by atoms with Gasteiger partial charge in [0.25, 0.3) is 5.91 Å². The quantitative estimate of drug-likeness (QED) is 0.448. The number of anilines is 1. The number of amides is 1. The maximum Gasteiger partial charge on any atom is 0.270 e. The van der Waals surface area contributed by atoms with Gasteiger partial charge in [0.15, 0.2) is 22.4 Å². The summed E-state index contributed by atoms with van der Waals surface area (Å²) in [6.45, 7) is 2.15. The van der Waals surface area contributed by atoms with Crippen molar-refractivity contribution in [2.75, 3.05) is 18.1 Å². The lowest BCUT2D eigenvalue weighted by molar-refractivity contribution is -0.113. The Labute approximate surface area is 181 Å². The van der Waals surface area contributed by atoms with Crippen molar-refractivity contribution in [1.82, 2.24) is 0 Å². The number of thioether (sulfide) groups is 1. The molecule has 1 amide bonds. The van der Waals surface area contributed by atoms with Crippen molar-refractivity contribution >= 4 is 57.6 Å². The molecule has 9 heteroatoms. The summed E-state index contributed by atoms with van der Waals surface area (Å²) in [4.78, 5) is 14.6. The first kappa shape index (κ1) is 21.1. The molecule has 1 fully saturated rings. The number of carbonyl (C=O) groups is 1. The summed E-state index contributed by atoms with van der Waals surface area (Å²) < 4.78 is 24.7. The maximum atomic E-state index is 13.4. The summed E-state index contributed by atoms with van der Waals surface area (Å²) in [5.74, 6) is 0.0142.